The molecule has 1 aromatic carbocycles. The zero-order valence-corrected chi connectivity index (χ0v) is 12.9. The van der Waals surface area contributed by atoms with E-state index in [0.717, 1.165) is 35.8 Å². The molecule has 1 saturated heterocycles. The molecule has 1 heterocycles. The zero-order valence-electron chi connectivity index (χ0n) is 10.5. The monoisotopic (exact) mass is 329 g/mol. The number of nitrogens with two attached hydrogens (primary N) is 1. The maximum atomic E-state index is 6.22. The van der Waals surface area contributed by atoms with Gasteiger partial charge in [0.1, 0.15) is 0 Å². The second-order valence-corrected chi connectivity index (χ2v) is 6.83. The highest BCUT2D eigenvalue weighted by Gasteiger charge is 2.17. The second-order valence-electron chi connectivity index (χ2n) is 4.82. The molecule has 0 saturated carbocycles. The van der Waals surface area contributed by atoms with E-state index in [-0.39, 0.29) is 6.04 Å². The van der Waals surface area contributed by atoms with Gasteiger partial charge in [-0.1, -0.05) is 22.0 Å². The van der Waals surface area contributed by atoms with Crippen LogP contribution in [0.2, 0.25) is 0 Å². The van der Waals surface area contributed by atoms with Crippen molar-refractivity contribution in [3.8, 4) is 0 Å². The van der Waals surface area contributed by atoms with E-state index in [0.29, 0.717) is 0 Å². The van der Waals surface area contributed by atoms with Crippen molar-refractivity contribution >= 4 is 27.7 Å². The normalized spacial score (nSPS) is 18.8. The van der Waals surface area contributed by atoms with Gasteiger partial charge < -0.3 is 10.5 Å². The van der Waals surface area contributed by atoms with Crippen molar-refractivity contribution in [2.24, 2.45) is 11.7 Å². The van der Waals surface area contributed by atoms with Crippen LogP contribution in [0.25, 0.3) is 0 Å². The van der Waals surface area contributed by atoms with Gasteiger partial charge in [0.05, 0.1) is 0 Å². The molecule has 2 rings (SSSR count). The second kappa shape index (κ2) is 7.53. The number of ether oxygens (including phenoxy) is 1. The van der Waals surface area contributed by atoms with Crippen molar-refractivity contribution in [3.05, 3.63) is 28.7 Å². The Balaban J connectivity index is 1.72. The number of halogens is 1. The van der Waals surface area contributed by atoms with Crippen molar-refractivity contribution in [1.29, 1.82) is 0 Å². The fourth-order valence-electron chi connectivity index (χ4n) is 2.24. The molecule has 1 atom stereocenters. The number of hydrogen-bond donors (Lipinski definition) is 1. The average molecular weight is 330 g/mol. The number of hydrogen-bond acceptors (Lipinski definition) is 3. The fourth-order valence-corrected chi connectivity index (χ4v) is 3.72. The molecule has 1 unspecified atom stereocenters. The van der Waals surface area contributed by atoms with E-state index in [2.05, 4.69) is 34.1 Å². The molecule has 1 aliphatic rings. The van der Waals surface area contributed by atoms with E-state index in [4.69, 9.17) is 10.5 Å². The lowest BCUT2D eigenvalue weighted by Crippen LogP contribution is -2.28. The van der Waals surface area contributed by atoms with Gasteiger partial charge in [-0.3, -0.25) is 0 Å². The molecule has 18 heavy (non-hydrogen) atoms. The summed E-state index contributed by atoms with van der Waals surface area (Å²) in [5.41, 5.74) is 6.22. The number of thioether (sulfide) groups is 1. The lowest BCUT2D eigenvalue weighted by molar-refractivity contribution is 0.0625. The molecule has 2 N–H and O–H groups in total. The Kier molecular flexibility index (Phi) is 6.02. The maximum absolute atomic E-state index is 6.22. The summed E-state index contributed by atoms with van der Waals surface area (Å²) in [6.07, 6.45) is 3.48. The molecule has 0 amide bonds. The van der Waals surface area contributed by atoms with Gasteiger partial charge in [0, 0.05) is 34.4 Å². The Morgan fingerprint density at radius 2 is 2.17 bits per heavy atom. The smallest absolute Gasteiger partial charge is 0.0468 e. The van der Waals surface area contributed by atoms with Crippen LogP contribution in [0.15, 0.2) is 33.6 Å². The maximum Gasteiger partial charge on any atom is 0.0468 e. The Labute approximate surface area is 122 Å². The molecular formula is C14H20BrNOS. The molecule has 1 aromatic rings. The van der Waals surface area contributed by atoms with Gasteiger partial charge in [-0.05, 0) is 43.4 Å². The van der Waals surface area contributed by atoms with Crippen molar-refractivity contribution < 1.29 is 4.74 Å². The standard InChI is InChI=1S/C14H20BrNOS/c15-12-2-1-3-14(9-12)18-10-13(16)8-11-4-6-17-7-5-11/h1-3,9,11,13H,4-8,10,16H2. The number of benzene rings is 1. The Bertz CT molecular complexity index is 369. The first kappa shape index (κ1) is 14.4. The van der Waals surface area contributed by atoms with Crippen molar-refractivity contribution in [1.82, 2.24) is 0 Å². The van der Waals surface area contributed by atoms with E-state index in [1.165, 1.54) is 17.7 Å². The van der Waals surface area contributed by atoms with Gasteiger partial charge in [-0.2, -0.15) is 0 Å². The Morgan fingerprint density at radius 1 is 1.39 bits per heavy atom. The first-order chi connectivity index (χ1) is 8.74. The predicted octanol–water partition coefficient (Wildman–Crippen LogP) is 3.69. The topological polar surface area (TPSA) is 35.2 Å². The van der Waals surface area contributed by atoms with Gasteiger partial charge in [0.2, 0.25) is 0 Å². The Morgan fingerprint density at radius 3 is 2.89 bits per heavy atom. The molecule has 0 radical (unpaired) electrons. The molecular weight excluding hydrogens is 310 g/mol. The number of rotatable bonds is 5. The van der Waals surface area contributed by atoms with Crippen LogP contribution in [0.5, 0.6) is 0 Å². The summed E-state index contributed by atoms with van der Waals surface area (Å²) in [4.78, 5) is 1.28. The van der Waals surface area contributed by atoms with Crippen molar-refractivity contribution in [2.75, 3.05) is 19.0 Å². The third-order valence-corrected chi connectivity index (χ3v) is 4.91. The van der Waals surface area contributed by atoms with Gasteiger partial charge in [-0.25, -0.2) is 0 Å². The molecule has 0 aliphatic carbocycles. The largest absolute Gasteiger partial charge is 0.381 e. The molecule has 0 bridgehead atoms. The van der Waals surface area contributed by atoms with Gasteiger partial charge in [0.25, 0.3) is 0 Å². The minimum absolute atomic E-state index is 0.289. The van der Waals surface area contributed by atoms with E-state index in [1.54, 1.807) is 0 Å². The zero-order chi connectivity index (χ0) is 12.8. The summed E-state index contributed by atoms with van der Waals surface area (Å²) in [5, 5.41) is 0. The quantitative estimate of drug-likeness (QED) is 0.837. The van der Waals surface area contributed by atoms with Crippen LogP contribution in [-0.2, 0) is 4.74 Å². The first-order valence-electron chi connectivity index (χ1n) is 6.46. The summed E-state index contributed by atoms with van der Waals surface area (Å²) in [7, 11) is 0. The van der Waals surface area contributed by atoms with Crippen LogP contribution in [0.1, 0.15) is 19.3 Å². The lowest BCUT2D eigenvalue weighted by atomic mass is 9.93. The molecule has 4 heteroatoms. The van der Waals surface area contributed by atoms with Crippen molar-refractivity contribution in [2.45, 2.75) is 30.2 Å². The van der Waals surface area contributed by atoms with Gasteiger partial charge in [-0.15, -0.1) is 11.8 Å². The molecule has 1 fully saturated rings. The summed E-state index contributed by atoms with van der Waals surface area (Å²) in [5.74, 6) is 1.75. The van der Waals surface area contributed by atoms with Crippen LogP contribution in [-0.4, -0.2) is 25.0 Å². The molecule has 100 valence electrons. The highest BCUT2D eigenvalue weighted by molar-refractivity contribution is 9.10. The Hall–Kier alpha value is -0.0300. The van der Waals surface area contributed by atoms with Crippen molar-refractivity contribution in [3.63, 3.8) is 0 Å². The SMILES string of the molecule is NC(CSc1cccc(Br)c1)CC1CCOCC1. The minimum atomic E-state index is 0.289. The van der Waals surface area contributed by atoms with Gasteiger partial charge >= 0.3 is 0 Å². The van der Waals surface area contributed by atoms with Crippen LogP contribution in [0.4, 0.5) is 0 Å². The predicted molar refractivity (Wildman–Crippen MR) is 81.0 cm³/mol. The van der Waals surface area contributed by atoms with Crippen LogP contribution in [0.3, 0.4) is 0 Å². The third kappa shape index (κ3) is 4.92. The van der Waals surface area contributed by atoms with Crippen LogP contribution < -0.4 is 5.73 Å². The molecule has 0 aromatic heterocycles. The average Bonchev–Trinajstić information content (AvgIpc) is 2.38. The van der Waals surface area contributed by atoms with E-state index in [9.17, 15) is 0 Å². The highest BCUT2D eigenvalue weighted by atomic mass is 79.9. The van der Waals surface area contributed by atoms with Crippen LogP contribution >= 0.6 is 27.7 Å². The molecule has 1 aliphatic heterocycles. The highest BCUT2D eigenvalue weighted by Crippen LogP contribution is 2.25. The summed E-state index contributed by atoms with van der Waals surface area (Å²) < 4.78 is 6.50. The van der Waals surface area contributed by atoms with Crippen LogP contribution in [0, 0.1) is 5.92 Å². The summed E-state index contributed by atoms with van der Waals surface area (Å²) in [6.45, 7) is 1.83. The molecule has 0 spiro atoms. The third-order valence-electron chi connectivity index (χ3n) is 3.24. The molecule has 2 nitrogen and oxygen atoms in total. The lowest BCUT2D eigenvalue weighted by Gasteiger charge is -2.24. The van der Waals surface area contributed by atoms with E-state index in [1.807, 2.05) is 17.8 Å². The van der Waals surface area contributed by atoms with E-state index >= 15 is 0 Å². The van der Waals surface area contributed by atoms with Gasteiger partial charge in [0.15, 0.2) is 0 Å². The fraction of sp³-hybridized carbons (Fsp3) is 0.571. The van der Waals surface area contributed by atoms with E-state index < -0.39 is 0 Å². The summed E-state index contributed by atoms with van der Waals surface area (Å²) >= 11 is 5.34. The minimum Gasteiger partial charge on any atom is -0.381 e. The summed E-state index contributed by atoms with van der Waals surface area (Å²) in [6, 6.07) is 8.68. The first-order valence-corrected chi connectivity index (χ1v) is 8.23.